The number of hydrogen-bond donors (Lipinski definition) is 0. The van der Waals surface area contributed by atoms with Gasteiger partial charge in [0.2, 0.25) is 0 Å². The fourth-order valence-electron chi connectivity index (χ4n) is 4.07. The van der Waals surface area contributed by atoms with Crippen LogP contribution in [0.4, 0.5) is 0 Å². The van der Waals surface area contributed by atoms with E-state index < -0.39 is 0 Å². The van der Waals surface area contributed by atoms with E-state index in [1.54, 1.807) is 21.4 Å². The number of aromatic nitrogens is 6. The third-order valence-corrected chi connectivity index (χ3v) is 6.94. The molecular weight excluding hydrogens is 524 g/mol. The molecule has 0 radical (unpaired) electrons. The van der Waals surface area contributed by atoms with Crippen LogP contribution in [0.3, 0.4) is 0 Å². The average molecular weight is 554 g/mol. The molecule has 2 aromatic carbocycles. The van der Waals surface area contributed by atoms with Crippen LogP contribution in [0, 0.1) is 0 Å². The minimum Gasteiger partial charge on any atom is -0.236 e. The van der Waals surface area contributed by atoms with Crippen molar-refractivity contribution in [3.63, 3.8) is 0 Å². The highest BCUT2D eigenvalue weighted by molar-refractivity contribution is 9.10. The number of benzene rings is 2. The first-order valence-corrected chi connectivity index (χ1v) is 13.2. The Labute approximate surface area is 225 Å². The Bertz CT molecular complexity index is 1630. The monoisotopic (exact) mass is 552 g/mol. The predicted molar refractivity (Wildman–Crippen MR) is 153 cm³/mol. The molecular formula is C30H29BrN6. The van der Waals surface area contributed by atoms with Gasteiger partial charge in [-0.2, -0.15) is 10.2 Å². The van der Waals surface area contributed by atoms with Gasteiger partial charge in [-0.05, 0) is 50.0 Å². The zero-order valence-electron chi connectivity index (χ0n) is 21.4. The van der Waals surface area contributed by atoms with Crippen LogP contribution < -0.4 is 0 Å². The lowest BCUT2D eigenvalue weighted by Gasteiger charge is -2.07. The summed E-state index contributed by atoms with van der Waals surface area (Å²) in [6.07, 6.45) is 11.3. The van der Waals surface area contributed by atoms with E-state index in [-0.39, 0.29) is 0 Å². The van der Waals surface area contributed by atoms with Crippen LogP contribution in [0.25, 0.3) is 33.5 Å². The van der Waals surface area contributed by atoms with Gasteiger partial charge < -0.3 is 0 Å². The van der Waals surface area contributed by atoms with Crippen molar-refractivity contribution in [2.75, 3.05) is 0 Å². The Kier molecular flexibility index (Phi) is 7.15. The second-order valence-electron chi connectivity index (χ2n) is 9.63. The topological polar surface area (TPSA) is 60.4 Å². The molecule has 0 aliphatic rings. The normalized spacial score (nSPS) is 11.3. The lowest BCUT2D eigenvalue weighted by Crippen LogP contribution is -1.92. The fourth-order valence-corrected chi connectivity index (χ4v) is 4.45. The molecule has 0 aliphatic carbocycles. The van der Waals surface area contributed by atoms with Crippen molar-refractivity contribution in [1.82, 2.24) is 29.2 Å². The molecule has 0 atom stereocenters. The molecule has 186 valence electrons. The number of fused-ring (bicyclic) bond motifs is 2. The molecule has 0 bridgehead atoms. The molecule has 0 spiro atoms. The highest BCUT2D eigenvalue weighted by Gasteiger charge is 2.06. The van der Waals surface area contributed by atoms with Crippen LogP contribution in [-0.4, -0.2) is 29.2 Å². The minimum absolute atomic E-state index is 0.553. The molecule has 4 heterocycles. The largest absolute Gasteiger partial charge is 0.236 e. The van der Waals surface area contributed by atoms with Gasteiger partial charge in [0.25, 0.3) is 0 Å². The van der Waals surface area contributed by atoms with Gasteiger partial charge in [-0.25, -0.2) is 19.0 Å². The second-order valence-corrected chi connectivity index (χ2v) is 10.5. The van der Waals surface area contributed by atoms with Gasteiger partial charge in [0, 0.05) is 42.0 Å². The molecule has 6 aromatic rings. The maximum Gasteiger partial charge on any atom is 0.169 e. The number of hydrogen-bond acceptors (Lipinski definition) is 4. The van der Waals surface area contributed by atoms with Gasteiger partial charge in [0.05, 0.1) is 16.9 Å². The van der Waals surface area contributed by atoms with Gasteiger partial charge in [-0.3, -0.25) is 0 Å². The zero-order valence-corrected chi connectivity index (χ0v) is 23.0. The van der Waals surface area contributed by atoms with E-state index in [1.165, 1.54) is 16.7 Å². The lowest BCUT2D eigenvalue weighted by molar-refractivity contribution is 0.867. The lowest BCUT2D eigenvalue weighted by atomic mass is 10.00. The first-order valence-electron chi connectivity index (χ1n) is 12.4. The minimum atomic E-state index is 0.553. The first-order chi connectivity index (χ1) is 17.9. The van der Waals surface area contributed by atoms with Crippen molar-refractivity contribution in [2.45, 2.75) is 39.5 Å². The van der Waals surface area contributed by atoms with Crippen molar-refractivity contribution in [2.24, 2.45) is 0 Å². The Morgan fingerprint density at radius 1 is 0.595 bits per heavy atom. The summed E-state index contributed by atoms with van der Waals surface area (Å²) in [7, 11) is 0. The summed E-state index contributed by atoms with van der Waals surface area (Å²) >= 11 is 3.43. The van der Waals surface area contributed by atoms with Gasteiger partial charge in [-0.15, -0.1) is 0 Å². The van der Waals surface area contributed by atoms with Crippen molar-refractivity contribution in [3.8, 4) is 22.3 Å². The van der Waals surface area contributed by atoms with E-state index >= 15 is 0 Å². The molecule has 6 nitrogen and oxygen atoms in total. The molecule has 4 aromatic heterocycles. The fraction of sp³-hybridized carbons (Fsp3) is 0.200. The Morgan fingerprint density at radius 3 is 1.70 bits per heavy atom. The molecule has 7 heteroatoms. The summed E-state index contributed by atoms with van der Waals surface area (Å²) in [6, 6.07) is 19.1. The zero-order chi connectivity index (χ0) is 25.9. The van der Waals surface area contributed by atoms with E-state index in [9.17, 15) is 0 Å². The van der Waals surface area contributed by atoms with Gasteiger partial charge in [0.15, 0.2) is 11.3 Å². The summed E-state index contributed by atoms with van der Waals surface area (Å²) in [5.41, 5.74) is 8.89. The highest BCUT2D eigenvalue weighted by Crippen LogP contribution is 2.24. The van der Waals surface area contributed by atoms with Crippen LogP contribution in [0.1, 0.15) is 50.7 Å². The van der Waals surface area contributed by atoms with Gasteiger partial charge in [0.1, 0.15) is 0 Å². The molecule has 0 aliphatic heterocycles. The average Bonchev–Trinajstić information content (AvgIpc) is 3.55. The van der Waals surface area contributed by atoms with Crippen molar-refractivity contribution in [1.29, 1.82) is 0 Å². The smallest absolute Gasteiger partial charge is 0.169 e. The summed E-state index contributed by atoms with van der Waals surface area (Å²) in [4.78, 5) is 8.80. The van der Waals surface area contributed by atoms with Gasteiger partial charge >= 0.3 is 0 Å². The van der Waals surface area contributed by atoms with Crippen LogP contribution in [0.5, 0.6) is 0 Å². The first kappa shape index (κ1) is 24.8. The molecule has 37 heavy (non-hydrogen) atoms. The quantitative estimate of drug-likeness (QED) is 0.224. The number of halogens is 1. The van der Waals surface area contributed by atoms with E-state index in [4.69, 9.17) is 0 Å². The third kappa shape index (κ3) is 5.47. The maximum atomic E-state index is 4.43. The molecule has 0 saturated carbocycles. The van der Waals surface area contributed by atoms with E-state index in [0.29, 0.717) is 11.8 Å². The van der Waals surface area contributed by atoms with E-state index in [1.807, 2.05) is 30.9 Å². The van der Waals surface area contributed by atoms with Crippen molar-refractivity contribution >= 4 is 27.2 Å². The van der Waals surface area contributed by atoms with E-state index in [2.05, 4.69) is 112 Å². The Morgan fingerprint density at radius 2 is 1.14 bits per heavy atom. The molecule has 6 rings (SSSR count). The number of rotatable bonds is 4. The molecule has 0 unspecified atom stereocenters. The van der Waals surface area contributed by atoms with Crippen LogP contribution >= 0.6 is 15.9 Å². The molecule has 0 amide bonds. The van der Waals surface area contributed by atoms with Crippen LogP contribution in [0.2, 0.25) is 0 Å². The standard InChI is InChI=1S/C15H14BrN3.C15H15N3/c1-10(2)11-3-5-12(6-4-11)13-7-17-15-14(16)8-18-19(15)9-13;1-11(2)12-3-5-13(6-4-12)14-9-16-15-7-8-17-18(15)10-14/h3-10H,1-2H3;3-11H,1-2H3. The third-order valence-electron chi connectivity index (χ3n) is 6.38. The van der Waals surface area contributed by atoms with E-state index in [0.717, 1.165) is 32.5 Å². The summed E-state index contributed by atoms with van der Waals surface area (Å²) in [6.45, 7) is 8.80. The SMILES string of the molecule is CC(C)c1ccc(-c2cnc3c(Br)cnn3c2)cc1.CC(C)c1ccc(-c2cnc3ccnn3c2)cc1. The summed E-state index contributed by atoms with van der Waals surface area (Å²) < 4.78 is 4.50. The van der Waals surface area contributed by atoms with Crippen LogP contribution in [-0.2, 0) is 0 Å². The second kappa shape index (κ2) is 10.6. The van der Waals surface area contributed by atoms with Crippen molar-refractivity contribution < 1.29 is 0 Å². The molecule has 0 fully saturated rings. The summed E-state index contributed by atoms with van der Waals surface area (Å²) in [5, 5.41) is 8.46. The van der Waals surface area contributed by atoms with Gasteiger partial charge in [-0.1, -0.05) is 76.2 Å². The molecule has 0 N–H and O–H groups in total. The Hall–Kier alpha value is -3.84. The maximum absolute atomic E-state index is 4.43. The summed E-state index contributed by atoms with van der Waals surface area (Å²) in [5.74, 6) is 1.11. The van der Waals surface area contributed by atoms with Crippen molar-refractivity contribution in [3.05, 3.63) is 107 Å². The predicted octanol–water partition coefficient (Wildman–Crippen LogP) is 7.80. The number of nitrogens with zero attached hydrogens (tertiary/aromatic N) is 6. The highest BCUT2D eigenvalue weighted by atomic mass is 79.9. The Balaban J connectivity index is 0.000000152. The molecule has 0 saturated heterocycles. The van der Waals surface area contributed by atoms with Crippen LogP contribution in [0.15, 0.2) is 96.3 Å².